The smallest absolute Gasteiger partial charge is 0.204 e. The number of nitrogens with zero attached hydrogens (tertiary/aromatic N) is 1. The lowest BCUT2D eigenvalue weighted by Gasteiger charge is -2.17. The molecular weight excluding hydrogens is 278 g/mol. The second kappa shape index (κ2) is 5.05. The van der Waals surface area contributed by atoms with Gasteiger partial charge in [0.25, 0.3) is 0 Å². The van der Waals surface area contributed by atoms with Gasteiger partial charge in [-0.05, 0) is 24.1 Å². The lowest BCUT2D eigenvalue weighted by molar-refractivity contribution is 0.335. The predicted octanol–water partition coefficient (Wildman–Crippen LogP) is 3.40. The molecule has 0 fully saturated rings. The minimum Gasteiger partial charge on any atom is -0.493 e. The van der Waals surface area contributed by atoms with Crippen molar-refractivity contribution in [3.63, 3.8) is 0 Å². The first-order valence-corrected chi connectivity index (χ1v) is 7.39. The van der Waals surface area contributed by atoms with E-state index in [1.165, 1.54) is 5.56 Å². The zero-order chi connectivity index (χ0) is 15.1. The van der Waals surface area contributed by atoms with E-state index in [1.807, 2.05) is 24.3 Å². The second-order valence-electron chi connectivity index (χ2n) is 5.44. The van der Waals surface area contributed by atoms with Crippen molar-refractivity contribution in [2.24, 2.45) is 4.99 Å². The Morgan fingerprint density at radius 3 is 2.77 bits per heavy atom. The highest BCUT2D eigenvalue weighted by molar-refractivity contribution is 6.07. The molecule has 4 heteroatoms. The molecule has 0 spiro atoms. The molecule has 0 atom stereocenters. The van der Waals surface area contributed by atoms with Crippen LogP contribution in [-0.2, 0) is 12.8 Å². The van der Waals surface area contributed by atoms with E-state index >= 15 is 0 Å². The van der Waals surface area contributed by atoms with Gasteiger partial charge in [0, 0.05) is 24.1 Å². The molecular formula is C18H17NO3. The fourth-order valence-electron chi connectivity index (χ4n) is 3.21. The summed E-state index contributed by atoms with van der Waals surface area (Å²) in [6.45, 7) is 0.842. The maximum Gasteiger partial charge on any atom is 0.204 e. The zero-order valence-electron chi connectivity index (χ0n) is 12.7. The molecule has 4 rings (SSSR count). The number of hydrogen-bond donors (Lipinski definition) is 0. The Balaban J connectivity index is 1.95. The van der Waals surface area contributed by atoms with Gasteiger partial charge in [-0.25, -0.2) is 0 Å². The average Bonchev–Trinajstić information content (AvgIpc) is 2.72. The standard InChI is InChI=1S/C18H17NO3/c1-20-15-7-6-12-10-13-16-11(8-9-19-13)4-3-5-14(16)22-17(12)18(15)21-2/h3-7H,8-10H2,1-2H3. The largest absolute Gasteiger partial charge is 0.493 e. The van der Waals surface area contributed by atoms with E-state index in [-0.39, 0.29) is 0 Å². The molecule has 0 radical (unpaired) electrons. The SMILES string of the molecule is COc1ccc2c(c1OC)Oc1cccc3c1C(=NCC3)C2. The van der Waals surface area contributed by atoms with Gasteiger partial charge in [-0.3, -0.25) is 4.99 Å². The van der Waals surface area contributed by atoms with Gasteiger partial charge in [-0.15, -0.1) is 0 Å². The quantitative estimate of drug-likeness (QED) is 0.852. The molecule has 2 aliphatic rings. The Labute approximate surface area is 129 Å². The van der Waals surface area contributed by atoms with E-state index in [0.717, 1.165) is 47.7 Å². The zero-order valence-corrected chi connectivity index (χ0v) is 12.7. The third kappa shape index (κ3) is 1.87. The summed E-state index contributed by atoms with van der Waals surface area (Å²) < 4.78 is 17.1. The fraction of sp³-hybridized carbons (Fsp3) is 0.278. The summed E-state index contributed by atoms with van der Waals surface area (Å²) in [4.78, 5) is 4.72. The maximum atomic E-state index is 6.23. The normalized spacial score (nSPS) is 14.9. The van der Waals surface area contributed by atoms with E-state index in [4.69, 9.17) is 19.2 Å². The van der Waals surface area contributed by atoms with Gasteiger partial charge in [-0.1, -0.05) is 18.2 Å². The monoisotopic (exact) mass is 295 g/mol. The van der Waals surface area contributed by atoms with E-state index in [2.05, 4.69) is 6.07 Å². The molecule has 22 heavy (non-hydrogen) atoms. The summed E-state index contributed by atoms with van der Waals surface area (Å²) in [5.41, 5.74) is 4.62. The van der Waals surface area contributed by atoms with E-state index in [1.54, 1.807) is 14.2 Å². The first-order chi connectivity index (χ1) is 10.8. The van der Waals surface area contributed by atoms with E-state index in [0.29, 0.717) is 11.5 Å². The Bertz CT molecular complexity index is 780. The van der Waals surface area contributed by atoms with Crippen LogP contribution in [0.25, 0.3) is 0 Å². The number of rotatable bonds is 2. The Morgan fingerprint density at radius 2 is 1.95 bits per heavy atom. The minimum atomic E-state index is 0.636. The molecule has 0 unspecified atom stereocenters. The Hall–Kier alpha value is -2.49. The van der Waals surface area contributed by atoms with Gasteiger partial charge < -0.3 is 14.2 Å². The molecule has 2 aromatic rings. The number of hydrogen-bond acceptors (Lipinski definition) is 4. The van der Waals surface area contributed by atoms with Crippen LogP contribution in [-0.4, -0.2) is 26.5 Å². The minimum absolute atomic E-state index is 0.636. The van der Waals surface area contributed by atoms with Crippen molar-refractivity contribution in [2.75, 3.05) is 20.8 Å². The number of ether oxygens (including phenoxy) is 3. The second-order valence-corrected chi connectivity index (χ2v) is 5.44. The molecule has 4 nitrogen and oxygen atoms in total. The number of benzene rings is 2. The number of fused-ring (bicyclic) bond motifs is 1. The Morgan fingerprint density at radius 1 is 1.05 bits per heavy atom. The third-order valence-corrected chi connectivity index (χ3v) is 4.24. The summed E-state index contributed by atoms with van der Waals surface area (Å²) in [6.07, 6.45) is 1.71. The molecule has 2 aliphatic heterocycles. The third-order valence-electron chi connectivity index (χ3n) is 4.24. The van der Waals surface area contributed by atoms with Crippen molar-refractivity contribution >= 4 is 5.71 Å². The molecule has 2 aromatic carbocycles. The molecule has 0 saturated carbocycles. The molecule has 2 heterocycles. The molecule has 0 bridgehead atoms. The summed E-state index contributed by atoms with van der Waals surface area (Å²) >= 11 is 0. The van der Waals surface area contributed by atoms with Gasteiger partial charge in [0.1, 0.15) is 5.75 Å². The molecule has 0 N–H and O–H groups in total. The fourth-order valence-corrected chi connectivity index (χ4v) is 3.21. The van der Waals surface area contributed by atoms with Crippen molar-refractivity contribution < 1.29 is 14.2 Å². The highest BCUT2D eigenvalue weighted by atomic mass is 16.5. The van der Waals surface area contributed by atoms with Crippen LogP contribution in [0.4, 0.5) is 0 Å². The van der Waals surface area contributed by atoms with Crippen LogP contribution in [0, 0.1) is 0 Å². The van der Waals surface area contributed by atoms with E-state index in [9.17, 15) is 0 Å². The summed E-state index contributed by atoms with van der Waals surface area (Å²) in [5.74, 6) is 2.89. The van der Waals surface area contributed by atoms with E-state index < -0.39 is 0 Å². The van der Waals surface area contributed by atoms with Crippen LogP contribution >= 0.6 is 0 Å². The topological polar surface area (TPSA) is 40.0 Å². The maximum absolute atomic E-state index is 6.23. The van der Waals surface area contributed by atoms with Gasteiger partial charge in [0.15, 0.2) is 11.5 Å². The Kier molecular flexibility index (Phi) is 3.03. The van der Waals surface area contributed by atoms with Crippen LogP contribution < -0.4 is 14.2 Å². The lowest BCUT2D eigenvalue weighted by Crippen LogP contribution is -2.14. The number of methoxy groups -OCH3 is 2. The van der Waals surface area contributed by atoms with Crippen LogP contribution in [0.3, 0.4) is 0 Å². The molecule has 0 aromatic heterocycles. The van der Waals surface area contributed by atoms with Gasteiger partial charge in [-0.2, -0.15) is 0 Å². The summed E-state index contributed by atoms with van der Waals surface area (Å²) in [7, 11) is 3.27. The molecule has 0 aliphatic carbocycles. The first-order valence-electron chi connectivity index (χ1n) is 7.39. The van der Waals surface area contributed by atoms with Crippen LogP contribution in [0.15, 0.2) is 35.3 Å². The van der Waals surface area contributed by atoms with Crippen molar-refractivity contribution in [3.05, 3.63) is 47.0 Å². The first kappa shape index (κ1) is 13.2. The van der Waals surface area contributed by atoms with Crippen molar-refractivity contribution in [2.45, 2.75) is 12.8 Å². The summed E-state index contributed by atoms with van der Waals surface area (Å²) in [6, 6.07) is 10.1. The van der Waals surface area contributed by atoms with Crippen molar-refractivity contribution in [1.82, 2.24) is 0 Å². The average molecular weight is 295 g/mol. The van der Waals surface area contributed by atoms with Crippen LogP contribution in [0.1, 0.15) is 16.7 Å². The molecule has 112 valence electrons. The lowest BCUT2D eigenvalue weighted by atomic mass is 9.93. The molecule has 0 saturated heterocycles. The highest BCUT2D eigenvalue weighted by Gasteiger charge is 2.27. The predicted molar refractivity (Wildman–Crippen MR) is 84.9 cm³/mol. The molecule has 0 amide bonds. The van der Waals surface area contributed by atoms with Gasteiger partial charge >= 0.3 is 0 Å². The van der Waals surface area contributed by atoms with Gasteiger partial charge in [0.05, 0.1) is 19.9 Å². The summed E-state index contributed by atoms with van der Waals surface area (Å²) in [5, 5.41) is 0. The van der Waals surface area contributed by atoms with Gasteiger partial charge in [0.2, 0.25) is 5.75 Å². The number of aliphatic imine (C=N–C) groups is 1. The van der Waals surface area contributed by atoms with Crippen LogP contribution in [0.2, 0.25) is 0 Å². The highest BCUT2D eigenvalue weighted by Crippen LogP contribution is 2.46. The van der Waals surface area contributed by atoms with Crippen molar-refractivity contribution in [1.29, 1.82) is 0 Å². The van der Waals surface area contributed by atoms with Crippen molar-refractivity contribution in [3.8, 4) is 23.0 Å². The van der Waals surface area contributed by atoms with Crippen LogP contribution in [0.5, 0.6) is 23.0 Å².